The van der Waals surface area contributed by atoms with Crippen molar-refractivity contribution < 1.29 is 9.66 Å². The zero-order valence-electron chi connectivity index (χ0n) is 9.74. The van der Waals surface area contributed by atoms with E-state index >= 15 is 0 Å². The average Bonchev–Trinajstić information content (AvgIpc) is 2.22. The van der Waals surface area contributed by atoms with E-state index in [1.54, 1.807) is 26.0 Å². The van der Waals surface area contributed by atoms with Crippen LogP contribution in [0.1, 0.15) is 11.1 Å². The molecule has 5 nitrogen and oxygen atoms in total. The second-order valence-corrected chi connectivity index (χ2v) is 3.61. The van der Waals surface area contributed by atoms with E-state index in [1.165, 1.54) is 0 Å². The van der Waals surface area contributed by atoms with E-state index in [9.17, 15) is 10.1 Å². The third-order valence-electron chi connectivity index (χ3n) is 2.30. The van der Waals surface area contributed by atoms with E-state index < -0.39 is 0 Å². The number of aryl methyl sites for hydroxylation is 2. The van der Waals surface area contributed by atoms with Crippen LogP contribution in [0.2, 0.25) is 0 Å². The molecule has 0 aromatic heterocycles. The molecule has 0 unspecified atom stereocenters. The molecule has 0 saturated carbocycles. The van der Waals surface area contributed by atoms with E-state index in [0.29, 0.717) is 17.9 Å². The Kier molecular flexibility index (Phi) is 4.25. The van der Waals surface area contributed by atoms with Crippen LogP contribution >= 0.6 is 0 Å². The van der Waals surface area contributed by atoms with Gasteiger partial charge in [-0.2, -0.15) is 0 Å². The van der Waals surface area contributed by atoms with Crippen molar-refractivity contribution in [1.29, 1.82) is 0 Å². The third-order valence-corrected chi connectivity index (χ3v) is 2.30. The fourth-order valence-electron chi connectivity index (χ4n) is 1.39. The van der Waals surface area contributed by atoms with Gasteiger partial charge in [0.05, 0.1) is 4.92 Å². The van der Waals surface area contributed by atoms with Crippen molar-refractivity contribution in [3.63, 3.8) is 0 Å². The van der Waals surface area contributed by atoms with Gasteiger partial charge in [0.1, 0.15) is 12.4 Å². The Morgan fingerprint density at radius 2 is 2.06 bits per heavy atom. The van der Waals surface area contributed by atoms with Crippen molar-refractivity contribution in [1.82, 2.24) is 5.32 Å². The predicted molar refractivity (Wildman–Crippen MR) is 62.0 cm³/mol. The smallest absolute Gasteiger partial charge is 0.272 e. The van der Waals surface area contributed by atoms with Gasteiger partial charge in [-0.15, -0.1) is 0 Å². The molecular formula is C11H16N2O3. The second-order valence-electron chi connectivity index (χ2n) is 3.61. The standard InChI is InChI=1S/C11H16N2O3/c1-8-7-11(16-5-4-12-3)9(2)6-10(8)13(14)15/h6-7,12H,4-5H2,1-3H3. The van der Waals surface area contributed by atoms with Crippen LogP contribution in [0.5, 0.6) is 5.75 Å². The van der Waals surface area contributed by atoms with Gasteiger partial charge in [0.2, 0.25) is 0 Å². The monoisotopic (exact) mass is 224 g/mol. The SMILES string of the molecule is CNCCOc1cc(C)c([N+](=O)[O-])cc1C. The van der Waals surface area contributed by atoms with Gasteiger partial charge in [0, 0.05) is 18.2 Å². The lowest BCUT2D eigenvalue weighted by molar-refractivity contribution is -0.385. The topological polar surface area (TPSA) is 64.4 Å². The maximum atomic E-state index is 10.7. The van der Waals surface area contributed by atoms with Crippen LogP contribution in [0.25, 0.3) is 0 Å². The first kappa shape index (κ1) is 12.4. The first-order chi connectivity index (χ1) is 7.56. The minimum Gasteiger partial charge on any atom is -0.492 e. The summed E-state index contributed by atoms with van der Waals surface area (Å²) in [6, 6.07) is 3.26. The number of rotatable bonds is 5. The maximum Gasteiger partial charge on any atom is 0.272 e. The number of nitro groups is 1. The molecule has 0 aliphatic rings. The molecule has 0 saturated heterocycles. The number of nitrogens with one attached hydrogen (secondary N) is 1. The minimum absolute atomic E-state index is 0.137. The molecule has 1 rings (SSSR count). The highest BCUT2D eigenvalue weighted by Gasteiger charge is 2.13. The van der Waals surface area contributed by atoms with Gasteiger partial charge < -0.3 is 10.1 Å². The molecule has 0 aliphatic carbocycles. The zero-order valence-corrected chi connectivity index (χ0v) is 9.74. The fraction of sp³-hybridized carbons (Fsp3) is 0.455. The summed E-state index contributed by atoms with van der Waals surface area (Å²) in [5, 5.41) is 13.7. The quantitative estimate of drug-likeness (QED) is 0.470. The van der Waals surface area contributed by atoms with Crippen LogP contribution in [0.15, 0.2) is 12.1 Å². The summed E-state index contributed by atoms with van der Waals surface area (Å²) in [6.07, 6.45) is 0. The number of ether oxygens (including phenoxy) is 1. The molecule has 0 radical (unpaired) electrons. The largest absolute Gasteiger partial charge is 0.492 e. The highest BCUT2D eigenvalue weighted by atomic mass is 16.6. The zero-order chi connectivity index (χ0) is 12.1. The molecule has 1 aromatic rings. The fourth-order valence-corrected chi connectivity index (χ4v) is 1.39. The van der Waals surface area contributed by atoms with Crippen LogP contribution in [0.4, 0.5) is 5.69 Å². The normalized spacial score (nSPS) is 10.2. The molecule has 16 heavy (non-hydrogen) atoms. The van der Waals surface area contributed by atoms with Crippen molar-refractivity contribution in [3.05, 3.63) is 33.4 Å². The number of hydrogen-bond donors (Lipinski definition) is 1. The molecule has 0 amide bonds. The van der Waals surface area contributed by atoms with Gasteiger partial charge in [0.25, 0.3) is 5.69 Å². The molecule has 0 fully saturated rings. The van der Waals surface area contributed by atoms with Crippen LogP contribution < -0.4 is 10.1 Å². The molecule has 0 heterocycles. The Hall–Kier alpha value is -1.62. The first-order valence-corrected chi connectivity index (χ1v) is 5.09. The molecule has 1 aromatic carbocycles. The van der Waals surface area contributed by atoms with E-state index in [2.05, 4.69) is 5.32 Å². The number of benzene rings is 1. The summed E-state index contributed by atoms with van der Waals surface area (Å²) in [6.45, 7) is 4.81. The lowest BCUT2D eigenvalue weighted by atomic mass is 10.1. The summed E-state index contributed by atoms with van der Waals surface area (Å²) in [5.74, 6) is 0.707. The summed E-state index contributed by atoms with van der Waals surface area (Å²) >= 11 is 0. The highest BCUT2D eigenvalue weighted by Crippen LogP contribution is 2.27. The number of nitrogens with zero attached hydrogens (tertiary/aromatic N) is 1. The molecule has 0 bridgehead atoms. The average molecular weight is 224 g/mol. The number of likely N-dealkylation sites (N-methyl/N-ethyl adjacent to an activating group) is 1. The summed E-state index contributed by atoms with van der Waals surface area (Å²) < 4.78 is 5.51. The van der Waals surface area contributed by atoms with Crippen LogP contribution in [0.3, 0.4) is 0 Å². The predicted octanol–water partition coefficient (Wildman–Crippen LogP) is 1.81. The highest BCUT2D eigenvalue weighted by molar-refractivity contribution is 5.49. The molecular weight excluding hydrogens is 208 g/mol. The Bertz CT molecular complexity index is 391. The van der Waals surface area contributed by atoms with Gasteiger partial charge >= 0.3 is 0 Å². The van der Waals surface area contributed by atoms with Crippen molar-refractivity contribution in [2.75, 3.05) is 20.2 Å². The van der Waals surface area contributed by atoms with E-state index in [1.807, 2.05) is 7.05 Å². The molecule has 0 atom stereocenters. The Morgan fingerprint density at radius 3 is 2.62 bits per heavy atom. The van der Waals surface area contributed by atoms with Gasteiger partial charge in [0.15, 0.2) is 0 Å². The number of hydrogen-bond acceptors (Lipinski definition) is 4. The van der Waals surface area contributed by atoms with Crippen molar-refractivity contribution in [2.24, 2.45) is 0 Å². The van der Waals surface area contributed by atoms with Gasteiger partial charge in [-0.05, 0) is 32.5 Å². The van der Waals surface area contributed by atoms with Crippen molar-refractivity contribution in [3.8, 4) is 5.75 Å². The Balaban J connectivity index is 2.88. The second kappa shape index (κ2) is 5.46. The van der Waals surface area contributed by atoms with E-state index in [0.717, 1.165) is 12.1 Å². The molecule has 5 heteroatoms. The molecule has 0 aliphatic heterocycles. The Morgan fingerprint density at radius 1 is 1.38 bits per heavy atom. The van der Waals surface area contributed by atoms with Crippen LogP contribution in [-0.2, 0) is 0 Å². The maximum absolute atomic E-state index is 10.7. The molecule has 88 valence electrons. The summed E-state index contributed by atoms with van der Waals surface area (Å²) in [7, 11) is 1.84. The van der Waals surface area contributed by atoms with Crippen molar-refractivity contribution in [2.45, 2.75) is 13.8 Å². The number of nitro benzene ring substituents is 1. The first-order valence-electron chi connectivity index (χ1n) is 5.09. The van der Waals surface area contributed by atoms with E-state index in [-0.39, 0.29) is 10.6 Å². The van der Waals surface area contributed by atoms with E-state index in [4.69, 9.17) is 4.74 Å². The van der Waals surface area contributed by atoms with Gasteiger partial charge in [-0.25, -0.2) is 0 Å². The molecule has 1 N–H and O–H groups in total. The lowest BCUT2D eigenvalue weighted by Gasteiger charge is -2.09. The molecule has 0 spiro atoms. The summed E-state index contributed by atoms with van der Waals surface area (Å²) in [4.78, 5) is 10.3. The lowest BCUT2D eigenvalue weighted by Crippen LogP contribution is -2.16. The summed E-state index contributed by atoms with van der Waals surface area (Å²) in [5.41, 5.74) is 1.54. The van der Waals surface area contributed by atoms with Gasteiger partial charge in [-0.1, -0.05) is 0 Å². The van der Waals surface area contributed by atoms with Crippen LogP contribution in [0, 0.1) is 24.0 Å². The van der Waals surface area contributed by atoms with Gasteiger partial charge in [-0.3, -0.25) is 10.1 Å². The third kappa shape index (κ3) is 2.93. The minimum atomic E-state index is -0.375. The van der Waals surface area contributed by atoms with Crippen molar-refractivity contribution >= 4 is 5.69 Å². The Labute approximate surface area is 94.6 Å². The van der Waals surface area contributed by atoms with Crippen LogP contribution in [-0.4, -0.2) is 25.1 Å².